The summed E-state index contributed by atoms with van der Waals surface area (Å²) in [5.74, 6) is 1.40. The summed E-state index contributed by atoms with van der Waals surface area (Å²) < 4.78 is 6.24. The zero-order chi connectivity index (χ0) is 20.1. The maximum Gasteiger partial charge on any atom is 0.135 e. The quantitative estimate of drug-likeness (QED) is 0.508. The van der Waals surface area contributed by atoms with Crippen LogP contribution in [0.3, 0.4) is 0 Å². The monoisotopic (exact) mass is 375 g/mol. The number of phenolic OH excluding ortho intramolecular Hbond substituents is 1. The molecular formula is C25H29NO2. The van der Waals surface area contributed by atoms with Crippen LogP contribution < -0.4 is 0 Å². The van der Waals surface area contributed by atoms with Gasteiger partial charge >= 0.3 is 0 Å². The van der Waals surface area contributed by atoms with E-state index in [2.05, 4.69) is 52.8 Å². The maximum atomic E-state index is 11.2. The van der Waals surface area contributed by atoms with Crippen LogP contribution in [-0.4, -0.2) is 11.3 Å². The summed E-state index contributed by atoms with van der Waals surface area (Å²) in [4.78, 5) is 4.77. The number of rotatable bonds is 2. The topological polar surface area (TPSA) is 45.7 Å². The SMILES string of the molecule is Cc1ccc(C)c(N=Cc2c(O)c(C(C)(C)C)cc3oc4c(c23)CCCC4)c1. The van der Waals surface area contributed by atoms with Gasteiger partial charge in [-0.2, -0.15) is 0 Å². The standard InChI is InChI=1S/C25H29NO2/c1-15-10-11-16(2)20(12-15)26-14-18-23-17-8-6-7-9-21(17)28-22(23)13-19(24(18)27)25(3,4)5/h10-14,27H,6-9H2,1-5H3. The van der Waals surface area contributed by atoms with E-state index < -0.39 is 0 Å². The Morgan fingerprint density at radius 3 is 2.57 bits per heavy atom. The summed E-state index contributed by atoms with van der Waals surface area (Å²) in [6.07, 6.45) is 6.14. The van der Waals surface area contributed by atoms with Gasteiger partial charge in [0.2, 0.25) is 0 Å². The van der Waals surface area contributed by atoms with E-state index in [4.69, 9.17) is 9.41 Å². The number of hydrogen-bond donors (Lipinski definition) is 1. The lowest BCUT2D eigenvalue weighted by molar-refractivity contribution is 0.446. The number of hydrogen-bond acceptors (Lipinski definition) is 3. The van der Waals surface area contributed by atoms with E-state index in [1.165, 1.54) is 11.1 Å². The second kappa shape index (κ2) is 6.80. The molecule has 28 heavy (non-hydrogen) atoms. The van der Waals surface area contributed by atoms with Crippen molar-refractivity contribution in [3.63, 3.8) is 0 Å². The van der Waals surface area contributed by atoms with Crippen molar-refractivity contribution in [2.45, 2.75) is 65.7 Å². The molecule has 1 aliphatic rings. The molecule has 0 fully saturated rings. The lowest BCUT2D eigenvalue weighted by atomic mass is 9.83. The number of fused-ring (bicyclic) bond motifs is 3. The Labute approximate surface area is 167 Å². The largest absolute Gasteiger partial charge is 0.507 e. The van der Waals surface area contributed by atoms with Gasteiger partial charge in [0.25, 0.3) is 0 Å². The molecule has 0 saturated carbocycles. The Balaban J connectivity index is 1.97. The van der Waals surface area contributed by atoms with Crippen LogP contribution in [0.25, 0.3) is 11.0 Å². The van der Waals surface area contributed by atoms with E-state index in [0.717, 1.165) is 64.8 Å². The summed E-state index contributed by atoms with van der Waals surface area (Å²) in [6.45, 7) is 10.5. The van der Waals surface area contributed by atoms with Crippen molar-refractivity contribution in [1.82, 2.24) is 0 Å². The van der Waals surface area contributed by atoms with Gasteiger partial charge in [0.15, 0.2) is 0 Å². The minimum atomic E-state index is -0.187. The fourth-order valence-electron chi connectivity index (χ4n) is 4.14. The number of nitrogens with zero attached hydrogens (tertiary/aromatic N) is 1. The van der Waals surface area contributed by atoms with Crippen LogP contribution in [-0.2, 0) is 18.3 Å². The molecule has 1 N–H and O–H groups in total. The predicted octanol–water partition coefficient (Wildman–Crippen LogP) is 6.68. The Morgan fingerprint density at radius 2 is 1.82 bits per heavy atom. The van der Waals surface area contributed by atoms with Crippen LogP contribution in [0.5, 0.6) is 5.75 Å². The molecule has 1 aliphatic carbocycles. The van der Waals surface area contributed by atoms with Crippen molar-refractivity contribution >= 4 is 22.9 Å². The Morgan fingerprint density at radius 1 is 1.07 bits per heavy atom. The van der Waals surface area contributed by atoms with Crippen LogP contribution in [0.2, 0.25) is 0 Å². The highest BCUT2D eigenvalue weighted by atomic mass is 16.3. The molecule has 0 amide bonds. The molecule has 0 unspecified atom stereocenters. The number of phenols is 1. The second-order valence-corrected chi connectivity index (χ2v) is 9.07. The van der Waals surface area contributed by atoms with Crippen LogP contribution in [0.4, 0.5) is 5.69 Å². The Hall–Kier alpha value is -2.55. The van der Waals surface area contributed by atoms with E-state index >= 15 is 0 Å². The summed E-state index contributed by atoms with van der Waals surface area (Å²) >= 11 is 0. The van der Waals surface area contributed by atoms with E-state index in [1.54, 1.807) is 0 Å². The van der Waals surface area contributed by atoms with Gasteiger partial charge in [-0.25, -0.2) is 0 Å². The van der Waals surface area contributed by atoms with Crippen molar-refractivity contribution in [2.75, 3.05) is 0 Å². The average molecular weight is 376 g/mol. The van der Waals surface area contributed by atoms with E-state index in [9.17, 15) is 5.11 Å². The fraction of sp³-hybridized carbons (Fsp3) is 0.400. The number of aromatic hydroxyl groups is 1. The van der Waals surface area contributed by atoms with Crippen molar-refractivity contribution in [2.24, 2.45) is 4.99 Å². The number of benzene rings is 2. The highest BCUT2D eigenvalue weighted by Crippen LogP contribution is 2.42. The molecule has 1 heterocycles. The van der Waals surface area contributed by atoms with Crippen molar-refractivity contribution in [3.8, 4) is 5.75 Å². The van der Waals surface area contributed by atoms with Crippen molar-refractivity contribution < 1.29 is 9.52 Å². The lowest BCUT2D eigenvalue weighted by Gasteiger charge is -2.22. The van der Waals surface area contributed by atoms with Gasteiger partial charge in [0.05, 0.1) is 5.69 Å². The molecular weight excluding hydrogens is 346 g/mol. The van der Waals surface area contributed by atoms with Gasteiger partial charge in [-0.15, -0.1) is 0 Å². The summed E-state index contributed by atoms with van der Waals surface area (Å²) in [5.41, 5.74) is 6.86. The van der Waals surface area contributed by atoms with E-state index in [1.807, 2.05) is 12.3 Å². The summed E-state index contributed by atoms with van der Waals surface area (Å²) in [7, 11) is 0. The van der Waals surface area contributed by atoms with Crippen LogP contribution >= 0.6 is 0 Å². The molecule has 3 heteroatoms. The molecule has 0 aliphatic heterocycles. The van der Waals surface area contributed by atoms with Gasteiger partial charge < -0.3 is 9.52 Å². The molecule has 0 bridgehead atoms. The molecule has 0 radical (unpaired) electrons. The molecule has 2 aromatic carbocycles. The van der Waals surface area contributed by atoms with Crippen molar-refractivity contribution in [1.29, 1.82) is 0 Å². The zero-order valence-electron chi connectivity index (χ0n) is 17.5. The first-order valence-corrected chi connectivity index (χ1v) is 10.2. The normalized spacial score (nSPS) is 14.8. The third kappa shape index (κ3) is 3.23. The van der Waals surface area contributed by atoms with Crippen LogP contribution in [0.1, 0.15) is 67.2 Å². The van der Waals surface area contributed by atoms with Gasteiger partial charge in [-0.05, 0) is 61.8 Å². The summed E-state index contributed by atoms with van der Waals surface area (Å²) in [6, 6.07) is 8.29. The van der Waals surface area contributed by atoms with Crippen LogP contribution in [0.15, 0.2) is 33.7 Å². The Bertz CT molecular complexity index is 1080. The number of furan rings is 1. The number of aliphatic imine (C=N–C) groups is 1. The highest BCUT2D eigenvalue weighted by molar-refractivity contribution is 6.04. The first kappa shape index (κ1) is 18.8. The van der Waals surface area contributed by atoms with E-state index in [0.29, 0.717) is 5.75 Å². The minimum Gasteiger partial charge on any atom is -0.507 e. The summed E-state index contributed by atoms with van der Waals surface area (Å²) in [5, 5.41) is 12.2. The van der Waals surface area contributed by atoms with Crippen LogP contribution in [0, 0.1) is 13.8 Å². The van der Waals surface area contributed by atoms with E-state index in [-0.39, 0.29) is 5.41 Å². The zero-order valence-corrected chi connectivity index (χ0v) is 17.5. The minimum absolute atomic E-state index is 0.187. The predicted molar refractivity (Wildman–Crippen MR) is 116 cm³/mol. The molecule has 0 atom stereocenters. The fourth-order valence-corrected chi connectivity index (χ4v) is 4.14. The highest BCUT2D eigenvalue weighted by Gasteiger charge is 2.27. The van der Waals surface area contributed by atoms with Gasteiger partial charge in [-0.1, -0.05) is 32.9 Å². The third-order valence-corrected chi connectivity index (χ3v) is 5.76. The Kier molecular flexibility index (Phi) is 4.57. The molecule has 1 aromatic heterocycles. The first-order valence-electron chi connectivity index (χ1n) is 10.2. The average Bonchev–Trinajstić information content (AvgIpc) is 3.01. The lowest BCUT2D eigenvalue weighted by Crippen LogP contribution is -2.12. The van der Waals surface area contributed by atoms with Crippen molar-refractivity contribution in [3.05, 3.63) is 57.8 Å². The van der Waals surface area contributed by atoms with Gasteiger partial charge in [0.1, 0.15) is 17.1 Å². The molecule has 0 spiro atoms. The second-order valence-electron chi connectivity index (χ2n) is 9.07. The molecule has 3 aromatic rings. The smallest absolute Gasteiger partial charge is 0.135 e. The first-order chi connectivity index (χ1) is 13.3. The number of aryl methyl sites for hydroxylation is 4. The molecule has 3 nitrogen and oxygen atoms in total. The molecule has 146 valence electrons. The molecule has 0 saturated heterocycles. The molecule has 4 rings (SSSR count). The maximum absolute atomic E-state index is 11.2. The third-order valence-electron chi connectivity index (χ3n) is 5.76. The van der Waals surface area contributed by atoms with Gasteiger partial charge in [-0.3, -0.25) is 4.99 Å². The van der Waals surface area contributed by atoms with Gasteiger partial charge in [0, 0.05) is 34.7 Å².